The quantitative estimate of drug-likeness (QED) is 0.0637. The number of pyridine rings is 1. The third-order valence-electron chi connectivity index (χ3n) is 7.84. The van der Waals surface area contributed by atoms with E-state index in [1.807, 2.05) is 26.0 Å². The predicted molar refractivity (Wildman–Crippen MR) is 182 cm³/mol. The van der Waals surface area contributed by atoms with Gasteiger partial charge in [0.15, 0.2) is 6.61 Å². The number of rotatable bonds is 25. The molecule has 1 aromatic carbocycles. The van der Waals surface area contributed by atoms with Crippen LogP contribution in [0.25, 0.3) is 0 Å². The number of aromatic nitrogens is 1. The number of carbonyl (C=O) groups excluding carboxylic acids is 1. The van der Waals surface area contributed by atoms with Crippen molar-refractivity contribution in [3.8, 4) is 11.5 Å². The van der Waals surface area contributed by atoms with Crippen molar-refractivity contribution in [3.63, 3.8) is 0 Å². The molecule has 1 heterocycles. The van der Waals surface area contributed by atoms with Crippen LogP contribution in [0, 0.1) is 0 Å². The molecule has 2 aromatic rings. The molecule has 0 saturated carbocycles. The lowest BCUT2D eigenvalue weighted by Gasteiger charge is -2.17. The molecule has 0 bridgehead atoms. The fraction of sp³-hybridized carbons (Fsp3) is 0.611. The van der Waals surface area contributed by atoms with Gasteiger partial charge in [0, 0.05) is 31.0 Å². The molecule has 0 aliphatic rings. The van der Waals surface area contributed by atoms with Gasteiger partial charge >= 0.3 is 6.18 Å². The van der Waals surface area contributed by atoms with E-state index in [9.17, 15) is 22.5 Å². The second kappa shape index (κ2) is 22.5. The Bertz CT molecular complexity index is 1220. The first-order valence-electron chi connectivity index (χ1n) is 17.1. The van der Waals surface area contributed by atoms with E-state index in [0.717, 1.165) is 24.8 Å². The maximum absolute atomic E-state index is 12.8. The molecule has 0 aliphatic carbocycles. The van der Waals surface area contributed by atoms with Gasteiger partial charge in [-0.2, -0.15) is 13.2 Å². The number of unbranched alkanes of at least 4 members (excludes halogenated alkanes) is 10. The van der Waals surface area contributed by atoms with E-state index >= 15 is 0 Å². The average molecular weight is 683 g/mol. The summed E-state index contributed by atoms with van der Waals surface area (Å²) >= 11 is 0. The smallest absolute Gasteiger partial charge is 0.422 e. The zero-order chi connectivity index (χ0) is 34.4. The van der Waals surface area contributed by atoms with Crippen LogP contribution in [-0.4, -0.2) is 42.0 Å². The summed E-state index contributed by atoms with van der Waals surface area (Å²) in [4.78, 5) is 17.0. The Morgan fingerprint density at radius 3 is 2.09 bits per heavy atom. The highest BCUT2D eigenvalue weighted by molar-refractivity contribution is 7.58. The Balaban J connectivity index is 1.86. The predicted octanol–water partition coefficient (Wildman–Crippen LogP) is 10.2. The first kappa shape index (κ1) is 40.2. The van der Waals surface area contributed by atoms with E-state index in [0.29, 0.717) is 36.6 Å². The monoisotopic (exact) mass is 682 g/mol. The molecule has 1 amide bonds. The number of hydrogen-bond acceptors (Lipinski definition) is 6. The standard InChI is InChI=1S/C36H54F3N2O5P/c1-4-7-8-9-10-11-12-13-14-15-16-17-35(42)41-31(23-25-46-47(43,5-2)6-3)26-30-18-20-33(21-19-30)44-28-32-27-34(22-24-40-32)45-29-36(37,38)39/h18-25,27,31H,4-17,26,28-29H2,1-3H3,(H,41,42). The maximum atomic E-state index is 12.8. The number of benzene rings is 1. The third-order valence-corrected chi connectivity index (χ3v) is 10.3. The van der Waals surface area contributed by atoms with Gasteiger partial charge in [0.1, 0.15) is 18.1 Å². The summed E-state index contributed by atoms with van der Waals surface area (Å²) in [5.74, 6) is 0.590. The van der Waals surface area contributed by atoms with Crippen molar-refractivity contribution in [2.24, 2.45) is 0 Å². The zero-order valence-electron chi connectivity index (χ0n) is 28.4. The summed E-state index contributed by atoms with van der Waals surface area (Å²) in [6.07, 6.45) is 15.4. The molecule has 11 heteroatoms. The molecule has 2 rings (SSSR count). The van der Waals surface area contributed by atoms with Gasteiger partial charge in [-0.05, 0) is 42.7 Å². The van der Waals surface area contributed by atoms with Gasteiger partial charge < -0.3 is 19.3 Å². The molecule has 0 spiro atoms. The zero-order valence-corrected chi connectivity index (χ0v) is 29.3. The molecular weight excluding hydrogens is 628 g/mol. The molecule has 0 radical (unpaired) electrons. The van der Waals surface area contributed by atoms with Crippen molar-refractivity contribution >= 4 is 13.3 Å². The van der Waals surface area contributed by atoms with Crippen molar-refractivity contribution in [2.75, 3.05) is 18.9 Å². The molecule has 1 unspecified atom stereocenters. The van der Waals surface area contributed by atoms with Crippen molar-refractivity contribution in [2.45, 2.75) is 123 Å². The number of carbonyl (C=O) groups is 1. The fourth-order valence-corrected chi connectivity index (χ4v) is 5.97. The van der Waals surface area contributed by atoms with Crippen molar-refractivity contribution in [3.05, 3.63) is 66.2 Å². The van der Waals surface area contributed by atoms with E-state index in [4.69, 9.17) is 14.0 Å². The molecule has 1 N–H and O–H groups in total. The minimum absolute atomic E-state index is 0.0290. The van der Waals surface area contributed by atoms with Crippen LogP contribution in [0.1, 0.15) is 109 Å². The van der Waals surface area contributed by atoms with Crippen LogP contribution in [0.4, 0.5) is 13.2 Å². The Morgan fingerprint density at radius 1 is 0.872 bits per heavy atom. The van der Waals surface area contributed by atoms with Gasteiger partial charge in [0.05, 0.1) is 18.0 Å². The van der Waals surface area contributed by atoms with Crippen molar-refractivity contribution in [1.82, 2.24) is 10.3 Å². The molecule has 264 valence electrons. The van der Waals surface area contributed by atoms with Gasteiger partial charge in [0.2, 0.25) is 13.3 Å². The SMILES string of the molecule is CCCCCCCCCCCCCC(=O)NC(C=COP(=O)(CC)CC)Cc1ccc(OCc2cc(OCC(F)(F)F)ccn2)cc1. The summed E-state index contributed by atoms with van der Waals surface area (Å²) in [6.45, 7) is 4.58. The maximum Gasteiger partial charge on any atom is 0.422 e. The normalized spacial score (nSPS) is 12.6. The summed E-state index contributed by atoms with van der Waals surface area (Å²) in [7, 11) is -2.73. The van der Waals surface area contributed by atoms with Gasteiger partial charge in [-0.3, -0.25) is 14.3 Å². The number of halogens is 3. The van der Waals surface area contributed by atoms with Gasteiger partial charge in [-0.25, -0.2) is 0 Å². The van der Waals surface area contributed by atoms with Crippen LogP contribution in [0.3, 0.4) is 0 Å². The summed E-state index contributed by atoms with van der Waals surface area (Å²) in [5, 5.41) is 3.09. The van der Waals surface area contributed by atoms with E-state index < -0.39 is 20.2 Å². The van der Waals surface area contributed by atoms with Crippen molar-refractivity contribution in [1.29, 1.82) is 0 Å². The summed E-state index contributed by atoms with van der Waals surface area (Å²) in [5.41, 5.74) is 1.37. The molecule has 0 aliphatic heterocycles. The molecule has 1 aromatic heterocycles. The number of hydrogen-bond donors (Lipinski definition) is 1. The number of nitrogens with one attached hydrogen (secondary N) is 1. The molecule has 47 heavy (non-hydrogen) atoms. The molecule has 1 atom stereocenters. The number of alkyl halides is 3. The average Bonchev–Trinajstić information content (AvgIpc) is 3.05. The molecule has 0 fully saturated rings. The third kappa shape index (κ3) is 18.8. The lowest BCUT2D eigenvalue weighted by atomic mass is 10.0. The minimum Gasteiger partial charge on any atom is -0.487 e. The Morgan fingerprint density at radius 2 is 1.49 bits per heavy atom. The first-order chi connectivity index (χ1) is 22.6. The van der Waals surface area contributed by atoms with Gasteiger partial charge in [-0.15, -0.1) is 0 Å². The van der Waals surface area contributed by atoms with Gasteiger partial charge in [0.25, 0.3) is 0 Å². The van der Waals surface area contributed by atoms with Gasteiger partial charge in [-0.1, -0.05) is 97.1 Å². The van der Waals surface area contributed by atoms with Crippen LogP contribution in [-0.2, 0) is 26.9 Å². The van der Waals surface area contributed by atoms with E-state index in [1.54, 1.807) is 18.2 Å². The summed E-state index contributed by atoms with van der Waals surface area (Å²) in [6, 6.07) is 9.75. The fourth-order valence-electron chi connectivity index (χ4n) is 4.93. The largest absolute Gasteiger partial charge is 0.487 e. The highest BCUT2D eigenvalue weighted by atomic mass is 31.2. The molecular formula is C36H54F3N2O5P. The second-order valence-corrected chi connectivity index (χ2v) is 15.0. The second-order valence-electron chi connectivity index (χ2n) is 11.9. The van der Waals surface area contributed by atoms with Crippen LogP contribution in [0.15, 0.2) is 54.9 Å². The van der Waals surface area contributed by atoms with E-state index in [2.05, 4.69) is 17.2 Å². The lowest BCUT2D eigenvalue weighted by molar-refractivity contribution is -0.153. The van der Waals surface area contributed by atoms with Crippen molar-refractivity contribution < 1.29 is 36.5 Å². The minimum atomic E-state index is -4.42. The number of amides is 1. The van der Waals surface area contributed by atoms with Crippen LogP contribution < -0.4 is 14.8 Å². The first-order valence-corrected chi connectivity index (χ1v) is 19.1. The van der Waals surface area contributed by atoms with Crippen LogP contribution >= 0.6 is 7.37 Å². The summed E-state index contributed by atoms with van der Waals surface area (Å²) < 4.78 is 66.2. The Labute approximate surface area is 279 Å². The molecule has 0 saturated heterocycles. The highest BCUT2D eigenvalue weighted by Crippen LogP contribution is 2.46. The lowest BCUT2D eigenvalue weighted by Crippen LogP contribution is -2.34. The number of ether oxygens (including phenoxy) is 2. The van der Waals surface area contributed by atoms with Crippen LogP contribution in [0.2, 0.25) is 0 Å². The Kier molecular flexibility index (Phi) is 19.3. The van der Waals surface area contributed by atoms with E-state index in [1.165, 1.54) is 76.0 Å². The molecule has 7 nitrogen and oxygen atoms in total. The highest BCUT2D eigenvalue weighted by Gasteiger charge is 2.28. The topological polar surface area (TPSA) is 86.8 Å². The Hall–Kier alpha value is -3.00. The van der Waals surface area contributed by atoms with Crippen LogP contribution in [0.5, 0.6) is 11.5 Å². The number of nitrogens with zero attached hydrogens (tertiary/aromatic N) is 1. The van der Waals surface area contributed by atoms with E-state index in [-0.39, 0.29) is 24.3 Å².